The molecular formula is C14H19BrN2O2S. The molecule has 0 aliphatic rings. The fraction of sp³-hybridized carbons (Fsp3) is 0.429. The van der Waals surface area contributed by atoms with Crippen LogP contribution in [-0.2, 0) is 4.79 Å². The van der Waals surface area contributed by atoms with E-state index in [2.05, 4.69) is 21.2 Å². The van der Waals surface area contributed by atoms with Crippen molar-refractivity contribution >= 4 is 39.5 Å². The Labute approximate surface area is 132 Å². The summed E-state index contributed by atoms with van der Waals surface area (Å²) in [7, 11) is 3.39. The fourth-order valence-corrected chi connectivity index (χ4v) is 2.62. The van der Waals surface area contributed by atoms with Crippen molar-refractivity contribution in [1.29, 1.82) is 0 Å². The number of nitrogens with one attached hydrogen (secondary N) is 1. The number of thioether (sulfide) groups is 1. The minimum absolute atomic E-state index is 0.0838. The zero-order valence-corrected chi connectivity index (χ0v) is 14.3. The molecule has 0 bridgehead atoms. The zero-order valence-electron chi connectivity index (χ0n) is 11.9. The monoisotopic (exact) mass is 358 g/mol. The number of hydrogen-bond donors (Lipinski definition) is 1. The first kappa shape index (κ1) is 17.0. The van der Waals surface area contributed by atoms with Crippen molar-refractivity contribution in [2.45, 2.75) is 12.5 Å². The zero-order chi connectivity index (χ0) is 15.1. The van der Waals surface area contributed by atoms with Gasteiger partial charge < -0.3 is 10.2 Å². The molecule has 6 heteroatoms. The number of rotatable bonds is 6. The number of hydrogen-bond acceptors (Lipinski definition) is 3. The molecule has 0 fully saturated rings. The highest BCUT2D eigenvalue weighted by Gasteiger charge is 2.23. The van der Waals surface area contributed by atoms with Crippen molar-refractivity contribution < 1.29 is 9.59 Å². The molecule has 0 aliphatic heterocycles. The van der Waals surface area contributed by atoms with Gasteiger partial charge in [-0.3, -0.25) is 9.59 Å². The molecule has 0 radical (unpaired) electrons. The van der Waals surface area contributed by atoms with Crippen molar-refractivity contribution in [3.8, 4) is 0 Å². The summed E-state index contributed by atoms with van der Waals surface area (Å²) < 4.78 is 0.721. The smallest absolute Gasteiger partial charge is 0.253 e. The van der Waals surface area contributed by atoms with Crippen LogP contribution in [0.25, 0.3) is 0 Å². The van der Waals surface area contributed by atoms with Gasteiger partial charge in [0.25, 0.3) is 5.91 Å². The van der Waals surface area contributed by atoms with Crippen molar-refractivity contribution in [3.63, 3.8) is 0 Å². The summed E-state index contributed by atoms with van der Waals surface area (Å²) in [5.74, 6) is 0.499. The van der Waals surface area contributed by atoms with Gasteiger partial charge in [-0.25, -0.2) is 0 Å². The average molecular weight is 359 g/mol. The van der Waals surface area contributed by atoms with Crippen LogP contribution in [0.1, 0.15) is 16.8 Å². The predicted octanol–water partition coefficient (Wildman–Crippen LogP) is 2.39. The van der Waals surface area contributed by atoms with E-state index in [-0.39, 0.29) is 11.8 Å². The Morgan fingerprint density at radius 3 is 2.55 bits per heavy atom. The Morgan fingerprint density at radius 1 is 1.35 bits per heavy atom. The number of carbonyl (C=O) groups excluding carboxylic acids is 2. The molecule has 1 atom stereocenters. The van der Waals surface area contributed by atoms with Crippen molar-refractivity contribution in [3.05, 3.63) is 34.3 Å². The minimum atomic E-state index is -0.489. The molecule has 0 heterocycles. The standard InChI is InChI=1S/C14H19BrN2O2S/c1-17(2)14(19)12(8-9-20-3)16-13(18)10-6-4-5-7-11(10)15/h4-7,12H,8-9H2,1-3H3,(H,16,18). The molecule has 1 aromatic carbocycles. The van der Waals surface area contributed by atoms with Crippen molar-refractivity contribution in [2.24, 2.45) is 0 Å². The summed E-state index contributed by atoms with van der Waals surface area (Å²) in [6, 6.07) is 6.68. The summed E-state index contributed by atoms with van der Waals surface area (Å²) in [6.07, 6.45) is 2.60. The molecule has 20 heavy (non-hydrogen) atoms. The van der Waals surface area contributed by atoms with Gasteiger partial charge in [-0.2, -0.15) is 11.8 Å². The molecule has 1 rings (SSSR count). The average Bonchev–Trinajstić information content (AvgIpc) is 2.42. The van der Waals surface area contributed by atoms with Gasteiger partial charge in [-0.15, -0.1) is 0 Å². The maximum Gasteiger partial charge on any atom is 0.253 e. The lowest BCUT2D eigenvalue weighted by Gasteiger charge is -2.21. The lowest BCUT2D eigenvalue weighted by molar-refractivity contribution is -0.130. The molecule has 0 saturated carbocycles. The molecule has 0 saturated heterocycles. The fourth-order valence-electron chi connectivity index (χ4n) is 1.69. The summed E-state index contributed by atoms with van der Waals surface area (Å²) in [5, 5.41) is 2.82. The van der Waals surface area contributed by atoms with E-state index in [0.29, 0.717) is 12.0 Å². The normalized spacial score (nSPS) is 11.8. The first-order valence-electron chi connectivity index (χ1n) is 6.23. The Balaban J connectivity index is 2.81. The van der Waals surface area contributed by atoms with E-state index < -0.39 is 6.04 Å². The molecular weight excluding hydrogens is 340 g/mol. The van der Waals surface area contributed by atoms with Crippen LogP contribution < -0.4 is 5.32 Å². The molecule has 2 amide bonds. The second-order valence-electron chi connectivity index (χ2n) is 4.52. The van der Waals surface area contributed by atoms with Gasteiger partial charge >= 0.3 is 0 Å². The first-order valence-corrected chi connectivity index (χ1v) is 8.41. The third-order valence-corrected chi connectivity index (χ3v) is 4.11. The maximum atomic E-state index is 12.2. The summed E-state index contributed by atoms with van der Waals surface area (Å²) in [5.41, 5.74) is 0.535. The predicted molar refractivity (Wildman–Crippen MR) is 87.1 cm³/mol. The Morgan fingerprint density at radius 2 is 2.00 bits per heavy atom. The Kier molecular flexibility index (Phi) is 7.09. The van der Waals surface area contributed by atoms with Gasteiger partial charge in [0.1, 0.15) is 6.04 Å². The topological polar surface area (TPSA) is 49.4 Å². The molecule has 1 aromatic rings. The highest BCUT2D eigenvalue weighted by Crippen LogP contribution is 2.16. The third kappa shape index (κ3) is 4.83. The summed E-state index contributed by atoms with van der Waals surface area (Å²) >= 11 is 5.00. The molecule has 1 unspecified atom stereocenters. The Hall–Kier alpha value is -1.01. The number of nitrogens with zero attached hydrogens (tertiary/aromatic N) is 1. The lowest BCUT2D eigenvalue weighted by atomic mass is 10.1. The van der Waals surface area contributed by atoms with E-state index in [1.165, 1.54) is 4.90 Å². The van der Waals surface area contributed by atoms with Crippen molar-refractivity contribution in [1.82, 2.24) is 10.2 Å². The third-order valence-electron chi connectivity index (χ3n) is 2.77. The van der Waals surface area contributed by atoms with Crippen LogP contribution >= 0.6 is 27.7 Å². The quantitative estimate of drug-likeness (QED) is 0.849. The molecule has 0 aliphatic carbocycles. The molecule has 0 aromatic heterocycles. The van der Waals surface area contributed by atoms with Gasteiger partial charge in [0, 0.05) is 18.6 Å². The second kappa shape index (κ2) is 8.32. The second-order valence-corrected chi connectivity index (χ2v) is 6.36. The Bertz CT molecular complexity index is 480. The van der Waals surface area contributed by atoms with E-state index in [9.17, 15) is 9.59 Å². The van der Waals surface area contributed by atoms with E-state index >= 15 is 0 Å². The number of benzene rings is 1. The van der Waals surface area contributed by atoms with Crippen LogP contribution in [-0.4, -0.2) is 48.9 Å². The number of carbonyl (C=O) groups is 2. The van der Waals surface area contributed by atoms with Crippen LogP contribution in [0.3, 0.4) is 0 Å². The molecule has 1 N–H and O–H groups in total. The lowest BCUT2D eigenvalue weighted by Crippen LogP contribution is -2.46. The highest BCUT2D eigenvalue weighted by atomic mass is 79.9. The van der Waals surface area contributed by atoms with E-state index in [1.807, 2.05) is 12.3 Å². The van der Waals surface area contributed by atoms with Crippen LogP contribution in [0.15, 0.2) is 28.7 Å². The van der Waals surface area contributed by atoms with Gasteiger partial charge in [-0.1, -0.05) is 12.1 Å². The van der Waals surface area contributed by atoms with Gasteiger partial charge in [0.15, 0.2) is 0 Å². The highest BCUT2D eigenvalue weighted by molar-refractivity contribution is 9.10. The van der Waals surface area contributed by atoms with E-state index in [4.69, 9.17) is 0 Å². The van der Waals surface area contributed by atoms with Crippen molar-refractivity contribution in [2.75, 3.05) is 26.1 Å². The van der Waals surface area contributed by atoms with E-state index in [1.54, 1.807) is 44.1 Å². The summed E-state index contributed by atoms with van der Waals surface area (Å²) in [4.78, 5) is 25.8. The largest absolute Gasteiger partial charge is 0.347 e. The van der Waals surface area contributed by atoms with Gasteiger partial charge in [0.2, 0.25) is 5.91 Å². The van der Waals surface area contributed by atoms with Crippen LogP contribution in [0.5, 0.6) is 0 Å². The van der Waals surface area contributed by atoms with Gasteiger partial charge in [-0.05, 0) is 46.5 Å². The summed E-state index contributed by atoms with van der Waals surface area (Å²) in [6.45, 7) is 0. The number of amides is 2. The van der Waals surface area contributed by atoms with Crippen LogP contribution in [0.4, 0.5) is 0 Å². The first-order chi connectivity index (χ1) is 9.47. The minimum Gasteiger partial charge on any atom is -0.347 e. The maximum absolute atomic E-state index is 12.2. The molecule has 0 spiro atoms. The van der Waals surface area contributed by atoms with Gasteiger partial charge in [0.05, 0.1) is 5.56 Å². The molecule has 4 nitrogen and oxygen atoms in total. The van der Waals surface area contributed by atoms with Crippen LogP contribution in [0, 0.1) is 0 Å². The van der Waals surface area contributed by atoms with Crippen LogP contribution in [0.2, 0.25) is 0 Å². The number of likely N-dealkylation sites (N-methyl/N-ethyl adjacent to an activating group) is 1. The number of halogens is 1. The molecule has 110 valence electrons. The van der Waals surface area contributed by atoms with E-state index in [0.717, 1.165) is 10.2 Å². The SMILES string of the molecule is CSCCC(NC(=O)c1ccccc1Br)C(=O)N(C)C.